The Labute approximate surface area is 132 Å². The van der Waals surface area contributed by atoms with Crippen molar-refractivity contribution in [1.29, 1.82) is 0 Å². The zero-order valence-electron chi connectivity index (χ0n) is 13.4. The normalized spacial score (nSPS) is 13.0. The molecule has 2 N–H and O–H groups in total. The number of amides is 1. The Balaban J connectivity index is 2.61. The summed E-state index contributed by atoms with van der Waals surface area (Å²) in [7, 11) is -3.51. The van der Waals surface area contributed by atoms with Crippen LogP contribution in [-0.4, -0.2) is 33.0 Å². The molecule has 124 valence electrons. The van der Waals surface area contributed by atoms with Crippen LogP contribution in [0.5, 0.6) is 5.75 Å². The van der Waals surface area contributed by atoms with Crippen molar-refractivity contribution >= 4 is 15.9 Å². The van der Waals surface area contributed by atoms with Crippen molar-refractivity contribution in [1.82, 2.24) is 10.0 Å². The van der Waals surface area contributed by atoms with Gasteiger partial charge in [0.2, 0.25) is 10.0 Å². The Kier molecular flexibility index (Phi) is 6.83. The predicted octanol–water partition coefficient (Wildman–Crippen LogP) is 1.67. The molecule has 0 fully saturated rings. The largest absolute Gasteiger partial charge is 0.484 e. The summed E-state index contributed by atoms with van der Waals surface area (Å²) in [6, 6.07) is 5.90. The summed E-state index contributed by atoms with van der Waals surface area (Å²) < 4.78 is 31.8. The summed E-state index contributed by atoms with van der Waals surface area (Å²) in [5, 5.41) is 2.79. The van der Waals surface area contributed by atoms with Crippen molar-refractivity contribution in [3.63, 3.8) is 0 Å². The fraction of sp³-hybridized carbons (Fsp3) is 0.533. The van der Waals surface area contributed by atoms with Crippen LogP contribution in [0.2, 0.25) is 0 Å². The average molecular weight is 328 g/mol. The molecule has 0 spiro atoms. The topological polar surface area (TPSA) is 84.5 Å². The maximum absolute atomic E-state index is 12.0. The van der Waals surface area contributed by atoms with E-state index in [9.17, 15) is 13.2 Å². The molecular weight excluding hydrogens is 304 g/mol. The van der Waals surface area contributed by atoms with Gasteiger partial charge in [-0.3, -0.25) is 4.79 Å². The number of carbonyl (C=O) groups excluding carboxylic acids is 1. The van der Waals surface area contributed by atoms with Gasteiger partial charge in [-0.2, -0.15) is 0 Å². The van der Waals surface area contributed by atoms with E-state index in [2.05, 4.69) is 10.0 Å². The third-order valence-corrected chi connectivity index (χ3v) is 4.59. The van der Waals surface area contributed by atoms with Gasteiger partial charge in [0, 0.05) is 12.1 Å². The highest BCUT2D eigenvalue weighted by Crippen LogP contribution is 2.16. The first-order valence-electron chi connectivity index (χ1n) is 7.29. The van der Waals surface area contributed by atoms with Crippen LogP contribution in [0.25, 0.3) is 0 Å². The first kappa shape index (κ1) is 18.4. The van der Waals surface area contributed by atoms with Gasteiger partial charge in [-0.15, -0.1) is 0 Å². The van der Waals surface area contributed by atoms with E-state index in [-0.39, 0.29) is 29.5 Å². The Morgan fingerprint density at radius 2 is 1.77 bits per heavy atom. The molecule has 1 rings (SSSR count). The van der Waals surface area contributed by atoms with Gasteiger partial charge in [0.15, 0.2) is 6.61 Å². The second kappa shape index (κ2) is 8.14. The van der Waals surface area contributed by atoms with Crippen LogP contribution in [0, 0.1) is 0 Å². The minimum atomic E-state index is -3.51. The molecule has 0 saturated carbocycles. The minimum absolute atomic E-state index is 0.0965. The van der Waals surface area contributed by atoms with Crippen molar-refractivity contribution in [2.24, 2.45) is 0 Å². The maximum Gasteiger partial charge on any atom is 0.258 e. The lowest BCUT2D eigenvalue weighted by atomic mass is 10.2. The van der Waals surface area contributed by atoms with Gasteiger partial charge >= 0.3 is 0 Å². The lowest BCUT2D eigenvalue weighted by Crippen LogP contribution is -2.35. The monoisotopic (exact) mass is 328 g/mol. The summed E-state index contributed by atoms with van der Waals surface area (Å²) in [4.78, 5) is 11.8. The highest BCUT2D eigenvalue weighted by Gasteiger charge is 2.15. The number of ether oxygens (including phenoxy) is 1. The Hall–Kier alpha value is -1.60. The zero-order chi connectivity index (χ0) is 16.8. The van der Waals surface area contributed by atoms with Crippen molar-refractivity contribution in [2.45, 2.75) is 51.1 Å². The van der Waals surface area contributed by atoms with Crippen LogP contribution < -0.4 is 14.8 Å². The lowest BCUT2D eigenvalue weighted by molar-refractivity contribution is -0.123. The fourth-order valence-electron chi connectivity index (χ4n) is 1.66. The Bertz CT molecular complexity index is 582. The second-order valence-electron chi connectivity index (χ2n) is 5.41. The van der Waals surface area contributed by atoms with Crippen molar-refractivity contribution in [3.05, 3.63) is 24.3 Å². The Morgan fingerprint density at radius 3 is 2.27 bits per heavy atom. The van der Waals surface area contributed by atoms with Gasteiger partial charge < -0.3 is 10.1 Å². The highest BCUT2D eigenvalue weighted by molar-refractivity contribution is 7.89. The van der Waals surface area contributed by atoms with Gasteiger partial charge in [0.05, 0.1) is 4.90 Å². The molecule has 0 aliphatic heterocycles. The number of hydrogen-bond acceptors (Lipinski definition) is 4. The number of nitrogens with one attached hydrogen (secondary N) is 2. The SMILES string of the molecule is CC[C@@H](C)NC(=O)COc1ccc(S(=O)(=O)NC(C)C)cc1. The highest BCUT2D eigenvalue weighted by atomic mass is 32.2. The van der Waals surface area contributed by atoms with Crippen molar-refractivity contribution in [2.75, 3.05) is 6.61 Å². The number of benzene rings is 1. The molecule has 0 aliphatic carbocycles. The first-order valence-corrected chi connectivity index (χ1v) is 8.77. The summed E-state index contributed by atoms with van der Waals surface area (Å²) in [5.41, 5.74) is 0. The molecule has 1 aromatic carbocycles. The predicted molar refractivity (Wildman–Crippen MR) is 85.3 cm³/mol. The molecule has 1 atom stereocenters. The van der Waals surface area contributed by atoms with Crippen LogP contribution in [0.15, 0.2) is 29.2 Å². The van der Waals surface area contributed by atoms with Gasteiger partial charge in [-0.25, -0.2) is 13.1 Å². The van der Waals surface area contributed by atoms with Gasteiger partial charge in [0.25, 0.3) is 5.91 Å². The quantitative estimate of drug-likeness (QED) is 0.760. The third-order valence-electron chi connectivity index (χ3n) is 2.91. The van der Waals surface area contributed by atoms with E-state index in [1.807, 2.05) is 13.8 Å². The number of carbonyl (C=O) groups is 1. The van der Waals surface area contributed by atoms with Crippen LogP contribution in [0.4, 0.5) is 0 Å². The van der Waals surface area contributed by atoms with E-state index in [1.54, 1.807) is 13.8 Å². The van der Waals surface area contributed by atoms with Crippen molar-refractivity contribution in [3.8, 4) is 5.75 Å². The fourth-order valence-corrected chi connectivity index (χ4v) is 2.91. The van der Waals surface area contributed by atoms with E-state index >= 15 is 0 Å². The molecule has 0 aliphatic rings. The summed E-state index contributed by atoms with van der Waals surface area (Å²) >= 11 is 0. The zero-order valence-corrected chi connectivity index (χ0v) is 14.2. The minimum Gasteiger partial charge on any atom is -0.484 e. The first-order chi connectivity index (χ1) is 10.2. The second-order valence-corrected chi connectivity index (χ2v) is 7.13. The molecule has 0 aromatic heterocycles. The van der Waals surface area contributed by atoms with E-state index in [1.165, 1.54) is 24.3 Å². The molecule has 6 nitrogen and oxygen atoms in total. The molecule has 0 radical (unpaired) electrons. The molecule has 0 saturated heterocycles. The summed E-state index contributed by atoms with van der Waals surface area (Å²) in [5.74, 6) is 0.246. The van der Waals surface area contributed by atoms with Crippen LogP contribution >= 0.6 is 0 Å². The van der Waals surface area contributed by atoms with E-state index in [0.29, 0.717) is 5.75 Å². The summed E-state index contributed by atoms with van der Waals surface area (Å²) in [6.07, 6.45) is 0.848. The van der Waals surface area contributed by atoms with E-state index < -0.39 is 10.0 Å². The molecule has 0 bridgehead atoms. The molecule has 0 unspecified atom stereocenters. The number of sulfonamides is 1. The van der Waals surface area contributed by atoms with E-state index in [0.717, 1.165) is 6.42 Å². The maximum atomic E-state index is 12.0. The summed E-state index contributed by atoms with van der Waals surface area (Å²) in [6.45, 7) is 7.31. The average Bonchev–Trinajstić information content (AvgIpc) is 2.44. The number of hydrogen-bond donors (Lipinski definition) is 2. The lowest BCUT2D eigenvalue weighted by Gasteiger charge is -2.12. The smallest absolute Gasteiger partial charge is 0.258 e. The molecule has 0 heterocycles. The van der Waals surface area contributed by atoms with Crippen LogP contribution in [-0.2, 0) is 14.8 Å². The Morgan fingerprint density at radius 1 is 1.18 bits per heavy atom. The molecule has 7 heteroatoms. The van der Waals surface area contributed by atoms with Crippen LogP contribution in [0.1, 0.15) is 34.1 Å². The number of rotatable bonds is 8. The van der Waals surface area contributed by atoms with Gasteiger partial charge in [-0.05, 0) is 51.5 Å². The molecular formula is C15H24N2O4S. The van der Waals surface area contributed by atoms with Crippen LogP contribution in [0.3, 0.4) is 0 Å². The molecule has 1 amide bonds. The molecule has 22 heavy (non-hydrogen) atoms. The van der Waals surface area contributed by atoms with Gasteiger partial charge in [0.1, 0.15) is 5.75 Å². The third kappa shape index (κ3) is 6.03. The van der Waals surface area contributed by atoms with Crippen molar-refractivity contribution < 1.29 is 17.9 Å². The van der Waals surface area contributed by atoms with E-state index in [4.69, 9.17) is 4.74 Å². The standard InChI is InChI=1S/C15H24N2O4S/c1-5-12(4)16-15(18)10-21-13-6-8-14(9-7-13)22(19,20)17-11(2)3/h6-9,11-12,17H,5,10H2,1-4H3,(H,16,18)/t12-/m1/s1. The molecule has 1 aromatic rings. The van der Waals surface area contributed by atoms with Gasteiger partial charge in [-0.1, -0.05) is 6.92 Å².